The molecule has 2 aromatic heterocycles. The average Bonchev–Trinajstić information content (AvgIpc) is 3.60. The molecule has 0 saturated carbocycles. The van der Waals surface area contributed by atoms with Crippen LogP contribution in [0.3, 0.4) is 0 Å². The van der Waals surface area contributed by atoms with Crippen molar-refractivity contribution in [2.24, 2.45) is 0 Å². The van der Waals surface area contributed by atoms with Gasteiger partial charge in [-0.1, -0.05) is 24.2 Å². The number of anilines is 1. The fourth-order valence-corrected chi connectivity index (χ4v) is 5.85. The third-order valence-electron chi connectivity index (χ3n) is 7.73. The molecule has 39 heavy (non-hydrogen) atoms. The molecule has 0 spiro atoms. The molecular weight excluding hydrogens is 521 g/mol. The second-order valence-electron chi connectivity index (χ2n) is 10.0. The van der Waals surface area contributed by atoms with Crippen LogP contribution in [0.5, 0.6) is 6.01 Å². The van der Waals surface area contributed by atoms with Crippen molar-refractivity contribution in [2.75, 3.05) is 51.3 Å². The Hall–Kier alpha value is -3.69. The van der Waals surface area contributed by atoms with E-state index in [1.807, 2.05) is 6.07 Å². The van der Waals surface area contributed by atoms with Gasteiger partial charge in [0.15, 0.2) is 0 Å². The summed E-state index contributed by atoms with van der Waals surface area (Å²) in [4.78, 5) is 27.9. The van der Waals surface area contributed by atoms with Gasteiger partial charge in [0, 0.05) is 43.2 Å². The molecule has 4 heterocycles. The lowest BCUT2D eigenvalue weighted by Crippen LogP contribution is -2.48. The fourth-order valence-electron chi connectivity index (χ4n) is 5.58. The molecule has 2 aliphatic heterocycles. The highest BCUT2D eigenvalue weighted by Gasteiger charge is 2.27. The zero-order valence-electron chi connectivity index (χ0n) is 21.7. The van der Waals surface area contributed by atoms with Gasteiger partial charge in [-0.05, 0) is 62.3 Å². The smallest absolute Gasteiger partial charge is 0.319 e. The van der Waals surface area contributed by atoms with E-state index >= 15 is 4.39 Å². The maximum Gasteiger partial charge on any atom is 0.319 e. The molecule has 0 N–H and O–H groups in total. The van der Waals surface area contributed by atoms with Crippen molar-refractivity contribution in [1.82, 2.24) is 19.8 Å². The SMILES string of the molecule is C=CC(=O)N1CCN(c2nc(OCC3CCCN3C)nc3cc(-c4c(F)cccc4Cl)c4ccoc4c23)CC1. The van der Waals surface area contributed by atoms with Gasteiger partial charge in [-0.25, -0.2) is 4.39 Å². The number of benzene rings is 2. The number of carbonyl (C=O) groups excluding carboxylic acids is 1. The van der Waals surface area contributed by atoms with E-state index in [1.54, 1.807) is 29.4 Å². The second kappa shape index (κ2) is 10.5. The van der Waals surface area contributed by atoms with Crippen LogP contribution in [0.1, 0.15) is 12.8 Å². The van der Waals surface area contributed by atoms with E-state index in [1.165, 1.54) is 12.1 Å². The summed E-state index contributed by atoms with van der Waals surface area (Å²) >= 11 is 6.47. The number of nitrogens with zero attached hydrogens (tertiary/aromatic N) is 5. The molecule has 2 aromatic carbocycles. The van der Waals surface area contributed by atoms with Gasteiger partial charge in [0.05, 0.1) is 22.2 Å². The molecule has 2 aliphatic rings. The number of amides is 1. The van der Waals surface area contributed by atoms with Crippen LogP contribution in [0, 0.1) is 5.82 Å². The largest absolute Gasteiger partial charge is 0.463 e. The van der Waals surface area contributed by atoms with Crippen LogP contribution in [0.2, 0.25) is 5.02 Å². The molecule has 1 unspecified atom stereocenters. The zero-order chi connectivity index (χ0) is 27.1. The Balaban J connectivity index is 1.48. The topological polar surface area (TPSA) is 74.9 Å². The molecule has 8 nitrogen and oxygen atoms in total. The number of piperazine rings is 1. The van der Waals surface area contributed by atoms with Crippen molar-refractivity contribution in [3.05, 3.63) is 60.1 Å². The molecule has 1 atom stereocenters. The van der Waals surface area contributed by atoms with E-state index in [9.17, 15) is 4.79 Å². The van der Waals surface area contributed by atoms with Crippen LogP contribution in [0.15, 0.2) is 53.7 Å². The molecule has 4 aromatic rings. The number of likely N-dealkylation sites (tertiary alicyclic amines) is 1. The summed E-state index contributed by atoms with van der Waals surface area (Å²) in [5, 5.41) is 1.72. The number of hydrogen-bond donors (Lipinski definition) is 0. The number of ether oxygens (including phenoxy) is 1. The van der Waals surface area contributed by atoms with Gasteiger partial charge < -0.3 is 23.9 Å². The maximum atomic E-state index is 15.1. The molecule has 0 radical (unpaired) electrons. The predicted molar refractivity (Wildman–Crippen MR) is 150 cm³/mol. The molecule has 2 saturated heterocycles. The monoisotopic (exact) mass is 549 g/mol. The predicted octanol–water partition coefficient (Wildman–Crippen LogP) is 5.14. The number of likely N-dealkylation sites (N-methyl/N-ethyl adjacent to an activating group) is 1. The van der Waals surface area contributed by atoms with E-state index < -0.39 is 5.82 Å². The van der Waals surface area contributed by atoms with Crippen LogP contribution in [0.25, 0.3) is 33.0 Å². The third kappa shape index (κ3) is 4.70. The highest BCUT2D eigenvalue weighted by atomic mass is 35.5. The molecule has 10 heteroatoms. The van der Waals surface area contributed by atoms with Crippen LogP contribution >= 0.6 is 11.6 Å². The van der Waals surface area contributed by atoms with E-state index in [0.717, 1.165) is 19.4 Å². The van der Waals surface area contributed by atoms with Gasteiger partial charge in [-0.2, -0.15) is 9.97 Å². The summed E-state index contributed by atoms with van der Waals surface area (Å²) in [6.45, 7) is 7.31. The van der Waals surface area contributed by atoms with Gasteiger partial charge in [-0.15, -0.1) is 0 Å². The molecule has 0 bridgehead atoms. The minimum Gasteiger partial charge on any atom is -0.463 e. The quantitative estimate of drug-likeness (QED) is 0.308. The van der Waals surface area contributed by atoms with Gasteiger partial charge in [0.1, 0.15) is 23.8 Å². The summed E-state index contributed by atoms with van der Waals surface area (Å²) in [7, 11) is 2.09. The van der Waals surface area contributed by atoms with Crippen molar-refractivity contribution >= 4 is 45.2 Å². The van der Waals surface area contributed by atoms with Gasteiger partial charge in [0.25, 0.3) is 0 Å². The van der Waals surface area contributed by atoms with E-state index in [-0.39, 0.29) is 11.9 Å². The first-order chi connectivity index (χ1) is 18.9. The van der Waals surface area contributed by atoms with Gasteiger partial charge in [0.2, 0.25) is 5.91 Å². The van der Waals surface area contributed by atoms with E-state index in [0.29, 0.717) is 82.7 Å². The Morgan fingerprint density at radius 1 is 1.23 bits per heavy atom. The minimum absolute atomic E-state index is 0.0910. The number of hydrogen-bond acceptors (Lipinski definition) is 7. The summed E-state index contributed by atoms with van der Waals surface area (Å²) in [5.41, 5.74) is 1.99. The lowest BCUT2D eigenvalue weighted by molar-refractivity contribution is -0.126. The molecule has 2 fully saturated rings. The van der Waals surface area contributed by atoms with Crippen molar-refractivity contribution < 1.29 is 18.3 Å². The second-order valence-corrected chi connectivity index (χ2v) is 10.4. The first kappa shape index (κ1) is 25.6. The van der Waals surface area contributed by atoms with Crippen molar-refractivity contribution in [1.29, 1.82) is 0 Å². The summed E-state index contributed by atoms with van der Waals surface area (Å²) in [6.07, 6.45) is 5.10. The first-order valence-corrected chi connectivity index (χ1v) is 13.5. The lowest BCUT2D eigenvalue weighted by Gasteiger charge is -2.35. The van der Waals surface area contributed by atoms with Crippen LogP contribution in [0.4, 0.5) is 10.2 Å². The van der Waals surface area contributed by atoms with Crippen LogP contribution in [-0.2, 0) is 4.79 Å². The standard InChI is InChI=1S/C29H29ClFN5O3/c1-3-24(37)35-11-13-36(14-12-35)28-26-23(32-29(33-28)39-17-18-6-5-10-34(18)2)16-20(19-9-15-38-27(19)26)25-21(30)7-4-8-22(25)31/h3-4,7-9,15-16,18H,1,5-6,10-14,17H2,2H3. The molecule has 0 aliphatic carbocycles. The Bertz CT molecular complexity index is 1550. The zero-order valence-corrected chi connectivity index (χ0v) is 22.5. The fraction of sp³-hybridized carbons (Fsp3) is 0.345. The first-order valence-electron chi connectivity index (χ1n) is 13.1. The average molecular weight is 550 g/mol. The third-order valence-corrected chi connectivity index (χ3v) is 8.05. The molecule has 1 amide bonds. The van der Waals surface area contributed by atoms with Crippen molar-refractivity contribution in [2.45, 2.75) is 18.9 Å². The van der Waals surface area contributed by atoms with Crippen LogP contribution < -0.4 is 9.64 Å². The normalized spacial score (nSPS) is 18.3. The number of aromatic nitrogens is 2. The van der Waals surface area contributed by atoms with E-state index in [4.69, 9.17) is 30.7 Å². The molecule has 202 valence electrons. The Morgan fingerprint density at radius 2 is 2.05 bits per heavy atom. The van der Waals surface area contributed by atoms with Crippen LogP contribution in [-0.4, -0.2) is 78.1 Å². The van der Waals surface area contributed by atoms with Gasteiger partial charge in [-0.3, -0.25) is 4.79 Å². The summed E-state index contributed by atoms with van der Waals surface area (Å²) in [5.74, 6) is 0.140. The summed E-state index contributed by atoms with van der Waals surface area (Å²) < 4.78 is 27.2. The molecular formula is C29H29ClFN5O3. The van der Waals surface area contributed by atoms with Crippen molar-refractivity contribution in [3.63, 3.8) is 0 Å². The number of fused-ring (bicyclic) bond motifs is 3. The number of carbonyl (C=O) groups is 1. The molecule has 6 rings (SSSR count). The summed E-state index contributed by atoms with van der Waals surface area (Å²) in [6, 6.07) is 8.81. The van der Waals surface area contributed by atoms with Crippen molar-refractivity contribution in [3.8, 4) is 17.1 Å². The number of rotatable bonds is 6. The minimum atomic E-state index is -0.428. The Kier molecular flexibility index (Phi) is 6.86. The lowest BCUT2D eigenvalue weighted by atomic mass is 9.98. The highest BCUT2D eigenvalue weighted by Crippen LogP contribution is 2.42. The Morgan fingerprint density at radius 3 is 2.77 bits per heavy atom. The van der Waals surface area contributed by atoms with E-state index in [2.05, 4.69) is 23.4 Å². The number of halogens is 2. The Labute approximate surface area is 230 Å². The van der Waals surface area contributed by atoms with Gasteiger partial charge >= 0.3 is 6.01 Å². The maximum absolute atomic E-state index is 15.1. The number of furan rings is 1. The highest BCUT2D eigenvalue weighted by molar-refractivity contribution is 6.34.